The predicted octanol–water partition coefficient (Wildman–Crippen LogP) is 1.28. The van der Waals surface area contributed by atoms with Crippen molar-refractivity contribution in [1.82, 2.24) is 4.90 Å². The lowest BCUT2D eigenvalue weighted by atomic mass is 10.1. The molecule has 0 aromatic carbocycles. The highest BCUT2D eigenvalue weighted by molar-refractivity contribution is 7.80. The molecule has 0 bridgehead atoms. The van der Waals surface area contributed by atoms with E-state index in [0.29, 0.717) is 18.2 Å². The third-order valence-electron chi connectivity index (χ3n) is 2.93. The highest BCUT2D eigenvalue weighted by Crippen LogP contribution is 2.19. The molecule has 0 aliphatic carbocycles. The summed E-state index contributed by atoms with van der Waals surface area (Å²) in [5.41, 5.74) is 5.42. The first-order valence-corrected chi connectivity index (χ1v) is 6.50. The minimum atomic E-state index is 0.313. The zero-order valence-electron chi connectivity index (χ0n) is 9.32. The Morgan fingerprint density at radius 3 is 2.67 bits per heavy atom. The Morgan fingerprint density at radius 1 is 1.33 bits per heavy atom. The van der Waals surface area contributed by atoms with E-state index >= 15 is 0 Å². The van der Waals surface area contributed by atoms with Gasteiger partial charge in [-0.25, -0.2) is 0 Å². The quantitative estimate of drug-likeness (QED) is 0.511. The lowest BCUT2D eigenvalue weighted by molar-refractivity contribution is -0.127. The molecule has 1 amide bonds. The highest BCUT2D eigenvalue weighted by atomic mass is 32.1. The second-order valence-electron chi connectivity index (χ2n) is 4.30. The molecule has 0 aromatic rings. The van der Waals surface area contributed by atoms with E-state index in [-0.39, 0.29) is 0 Å². The zero-order chi connectivity index (χ0) is 11.1. The van der Waals surface area contributed by atoms with Crippen LogP contribution < -0.4 is 5.73 Å². The summed E-state index contributed by atoms with van der Waals surface area (Å²) in [6.07, 6.45) is 5.30. The number of nitrogens with two attached hydrogens (primary N) is 1. The number of nitrogens with zero attached hydrogens (tertiary/aromatic N) is 1. The van der Waals surface area contributed by atoms with Gasteiger partial charge in [0.25, 0.3) is 0 Å². The number of thiol groups is 1. The maximum absolute atomic E-state index is 11.5. The predicted molar refractivity (Wildman–Crippen MR) is 66.1 cm³/mol. The van der Waals surface area contributed by atoms with Gasteiger partial charge in [-0.15, -0.1) is 0 Å². The number of hydrogen-bond acceptors (Lipinski definition) is 3. The Morgan fingerprint density at radius 2 is 2.07 bits per heavy atom. The van der Waals surface area contributed by atoms with Crippen LogP contribution in [0.5, 0.6) is 0 Å². The number of likely N-dealkylation sites (tertiary alicyclic amines) is 1. The van der Waals surface area contributed by atoms with Crippen LogP contribution in [-0.2, 0) is 4.79 Å². The van der Waals surface area contributed by atoms with Gasteiger partial charge in [0, 0.05) is 19.5 Å². The molecule has 1 fully saturated rings. The fourth-order valence-electron chi connectivity index (χ4n) is 1.99. The zero-order valence-corrected chi connectivity index (χ0v) is 10.2. The van der Waals surface area contributed by atoms with Crippen molar-refractivity contribution in [1.29, 1.82) is 0 Å². The topological polar surface area (TPSA) is 46.3 Å². The second-order valence-corrected chi connectivity index (χ2v) is 4.66. The Hall–Kier alpha value is -0.220. The van der Waals surface area contributed by atoms with Crippen molar-refractivity contribution in [2.45, 2.75) is 32.1 Å². The van der Waals surface area contributed by atoms with Crippen LogP contribution in [0.1, 0.15) is 32.1 Å². The molecule has 1 atom stereocenters. The highest BCUT2D eigenvalue weighted by Gasteiger charge is 2.27. The van der Waals surface area contributed by atoms with Crippen molar-refractivity contribution >= 4 is 18.5 Å². The van der Waals surface area contributed by atoms with Crippen molar-refractivity contribution in [3.05, 3.63) is 0 Å². The molecule has 1 saturated heterocycles. The normalized spacial score (nSPS) is 21.3. The van der Waals surface area contributed by atoms with Crippen LogP contribution in [0.25, 0.3) is 0 Å². The minimum absolute atomic E-state index is 0.313. The Bertz CT molecular complexity index is 199. The van der Waals surface area contributed by atoms with Crippen LogP contribution in [0.2, 0.25) is 0 Å². The van der Waals surface area contributed by atoms with Crippen molar-refractivity contribution in [2.75, 3.05) is 25.4 Å². The molecule has 0 aromatic heterocycles. The molecular formula is C11H22N2OS. The van der Waals surface area contributed by atoms with E-state index in [1.54, 1.807) is 0 Å². The molecule has 3 nitrogen and oxygen atoms in total. The summed E-state index contributed by atoms with van der Waals surface area (Å²) in [5.74, 6) is 1.62. The Labute approximate surface area is 97.8 Å². The summed E-state index contributed by atoms with van der Waals surface area (Å²) in [6.45, 7) is 2.62. The van der Waals surface area contributed by atoms with Crippen LogP contribution in [0.15, 0.2) is 0 Å². The number of carbonyl (C=O) groups is 1. The van der Waals surface area contributed by atoms with Gasteiger partial charge in [-0.05, 0) is 31.1 Å². The molecule has 88 valence electrons. The van der Waals surface area contributed by atoms with Crippen LogP contribution in [-0.4, -0.2) is 36.2 Å². The van der Waals surface area contributed by atoms with E-state index in [1.807, 2.05) is 4.90 Å². The lowest BCUT2D eigenvalue weighted by Crippen LogP contribution is -2.26. The summed E-state index contributed by atoms with van der Waals surface area (Å²) in [7, 11) is 0. The van der Waals surface area contributed by atoms with Crippen molar-refractivity contribution in [3.63, 3.8) is 0 Å². The number of hydrogen-bond donors (Lipinski definition) is 2. The molecular weight excluding hydrogens is 208 g/mol. The van der Waals surface area contributed by atoms with Crippen molar-refractivity contribution in [2.24, 2.45) is 11.7 Å². The van der Waals surface area contributed by atoms with Gasteiger partial charge < -0.3 is 10.6 Å². The molecule has 4 heteroatoms. The lowest BCUT2D eigenvalue weighted by Gasteiger charge is -2.15. The Balaban J connectivity index is 2.08. The van der Waals surface area contributed by atoms with E-state index in [0.717, 1.165) is 38.2 Å². The van der Waals surface area contributed by atoms with Gasteiger partial charge in [-0.3, -0.25) is 4.79 Å². The van der Waals surface area contributed by atoms with Crippen LogP contribution in [0, 0.1) is 5.92 Å². The van der Waals surface area contributed by atoms with E-state index in [9.17, 15) is 4.79 Å². The van der Waals surface area contributed by atoms with Gasteiger partial charge >= 0.3 is 0 Å². The average Bonchev–Trinajstić information content (AvgIpc) is 2.59. The van der Waals surface area contributed by atoms with Crippen LogP contribution in [0.3, 0.4) is 0 Å². The summed E-state index contributed by atoms with van der Waals surface area (Å²) in [4.78, 5) is 13.5. The first kappa shape index (κ1) is 12.8. The maximum atomic E-state index is 11.5. The van der Waals surface area contributed by atoms with Gasteiger partial charge in [0.2, 0.25) is 5.91 Å². The van der Waals surface area contributed by atoms with Gasteiger partial charge in [0.1, 0.15) is 0 Å². The maximum Gasteiger partial charge on any atom is 0.222 e. The molecule has 15 heavy (non-hydrogen) atoms. The minimum Gasteiger partial charge on any atom is -0.342 e. The monoisotopic (exact) mass is 230 g/mol. The average molecular weight is 230 g/mol. The second kappa shape index (κ2) is 7.12. The summed E-state index contributed by atoms with van der Waals surface area (Å²) < 4.78 is 0. The SMILES string of the molecule is NCCCCCCN1CC(CS)CC1=O. The summed E-state index contributed by atoms with van der Waals surface area (Å²) >= 11 is 4.24. The standard InChI is InChI=1S/C11H22N2OS/c12-5-3-1-2-4-6-13-8-10(9-15)7-11(13)14/h10,15H,1-9,12H2. The largest absolute Gasteiger partial charge is 0.342 e. The molecule has 0 saturated carbocycles. The third kappa shape index (κ3) is 4.43. The number of carbonyl (C=O) groups excluding carboxylic acids is 1. The van der Waals surface area contributed by atoms with Gasteiger partial charge in [0.15, 0.2) is 0 Å². The fourth-order valence-corrected chi connectivity index (χ4v) is 2.24. The molecule has 1 rings (SSSR count). The van der Waals surface area contributed by atoms with Gasteiger partial charge in [0.05, 0.1) is 0 Å². The first-order valence-electron chi connectivity index (χ1n) is 5.86. The Kier molecular flexibility index (Phi) is 6.10. The molecule has 1 aliphatic heterocycles. The number of amides is 1. The molecule has 1 unspecified atom stereocenters. The molecule has 2 N–H and O–H groups in total. The molecule has 0 spiro atoms. The van der Waals surface area contributed by atoms with Gasteiger partial charge in [-0.2, -0.15) is 12.6 Å². The first-order chi connectivity index (χ1) is 7.27. The van der Waals surface area contributed by atoms with E-state index in [4.69, 9.17) is 5.73 Å². The smallest absolute Gasteiger partial charge is 0.222 e. The molecule has 1 aliphatic rings. The molecule has 0 radical (unpaired) electrons. The third-order valence-corrected chi connectivity index (χ3v) is 3.45. The summed E-state index contributed by atoms with van der Waals surface area (Å²) in [5, 5.41) is 0. The van der Waals surface area contributed by atoms with Crippen molar-refractivity contribution in [3.8, 4) is 0 Å². The number of rotatable bonds is 7. The van der Waals surface area contributed by atoms with Crippen LogP contribution >= 0.6 is 12.6 Å². The van der Waals surface area contributed by atoms with E-state index in [1.165, 1.54) is 12.8 Å². The fraction of sp³-hybridized carbons (Fsp3) is 0.909. The van der Waals surface area contributed by atoms with Crippen LogP contribution in [0.4, 0.5) is 0 Å². The van der Waals surface area contributed by atoms with Crippen molar-refractivity contribution < 1.29 is 4.79 Å². The summed E-state index contributed by atoms with van der Waals surface area (Å²) in [6, 6.07) is 0. The van der Waals surface area contributed by atoms with E-state index < -0.39 is 0 Å². The molecule has 1 heterocycles. The van der Waals surface area contributed by atoms with Gasteiger partial charge in [-0.1, -0.05) is 12.8 Å². The van der Waals surface area contributed by atoms with E-state index in [2.05, 4.69) is 12.6 Å². The number of unbranched alkanes of at least 4 members (excludes halogenated alkanes) is 3.